The molecule has 0 amide bonds. The van der Waals surface area contributed by atoms with Gasteiger partial charge in [-0.25, -0.2) is 0 Å². The van der Waals surface area contributed by atoms with E-state index in [9.17, 15) is 0 Å². The summed E-state index contributed by atoms with van der Waals surface area (Å²) in [6.07, 6.45) is 0. The van der Waals surface area contributed by atoms with Crippen molar-refractivity contribution in [3.8, 4) is 27.9 Å². The number of hydrogen-bond acceptors (Lipinski definition) is 3. The van der Waals surface area contributed by atoms with Crippen LogP contribution in [0.5, 0.6) is 0 Å². The van der Waals surface area contributed by atoms with Crippen LogP contribution in [0.25, 0.3) is 71.7 Å². The highest BCUT2D eigenvalue weighted by Crippen LogP contribution is 2.51. The molecule has 2 aliphatic heterocycles. The molecule has 4 heterocycles. The molecule has 14 rings (SSSR count). The molecular formula is C79H76BN3O. The Kier molecular flexibility index (Phi) is 11.9. The number of nitrogens with zero attached hydrogens (tertiary/aromatic N) is 3. The first-order valence-electron chi connectivity index (χ1n) is 30.3. The molecule has 10 aromatic carbocycles. The van der Waals surface area contributed by atoms with Gasteiger partial charge in [-0.1, -0.05) is 210 Å². The van der Waals surface area contributed by atoms with Crippen molar-refractivity contribution in [1.29, 1.82) is 0 Å². The van der Waals surface area contributed by atoms with E-state index in [4.69, 9.17) is 4.42 Å². The molecule has 12 aromatic rings. The maximum absolute atomic E-state index is 6.67. The largest absolute Gasteiger partial charge is 0.455 e. The second-order valence-corrected chi connectivity index (χ2v) is 28.4. The maximum atomic E-state index is 6.67. The fourth-order valence-electron chi connectivity index (χ4n) is 14.0. The number of anilines is 6. The standard InChI is InChI=1S/C79H76BN3O/c1-47-38-51(57-28-23-29-59-58-27-20-22-31-72(58)84-75(57)59)32-36-64(47)81-68-42-53(77(7,8)9)33-35-62(68)80-63-45-61-60-41-52(76(4,5)6)34-37-66(60)82(65-30-21-19-26-56(65)50-24-17-16-18-25-50)67(61)46-69(63)83(71-44-55(79(13,14)15)43-70(81)73(71)80)74-48(2)39-54(40-49(74)3)78(10,11)12/h16-46H,1-15H3. The second kappa shape index (κ2) is 18.7. The van der Waals surface area contributed by atoms with Crippen LogP contribution in [0.2, 0.25) is 0 Å². The summed E-state index contributed by atoms with van der Waals surface area (Å²) in [7, 11) is 0. The Bertz CT molecular complexity index is 4670. The SMILES string of the molecule is Cc1cc(-c2cccc3c2oc2ccccc23)ccc1N1c2cc(C(C)(C)C)ccc2B2c3cc4c5cc(C(C)(C)C)ccc5n(-c5ccccc5-c5ccccc5)c4cc3N(c3c(C)cc(C(C)(C)C)cc3C)c3cc(C(C)(C)C)cc1c32. The number of aromatic nitrogens is 1. The van der Waals surface area contributed by atoms with E-state index in [1.807, 2.05) is 0 Å². The fourth-order valence-corrected chi connectivity index (χ4v) is 14.0. The molecule has 2 aliphatic rings. The molecule has 0 spiro atoms. The lowest BCUT2D eigenvalue weighted by atomic mass is 9.33. The van der Waals surface area contributed by atoms with Crippen LogP contribution in [-0.4, -0.2) is 11.3 Å². The molecule has 5 heteroatoms. The lowest BCUT2D eigenvalue weighted by molar-refractivity contribution is 0.589. The molecule has 0 saturated carbocycles. The highest BCUT2D eigenvalue weighted by Gasteiger charge is 2.46. The summed E-state index contributed by atoms with van der Waals surface area (Å²) in [4.78, 5) is 5.33. The van der Waals surface area contributed by atoms with Crippen molar-refractivity contribution in [3.05, 3.63) is 227 Å². The van der Waals surface area contributed by atoms with Crippen LogP contribution in [0.15, 0.2) is 192 Å². The van der Waals surface area contributed by atoms with E-state index in [0.29, 0.717) is 0 Å². The van der Waals surface area contributed by atoms with Gasteiger partial charge in [0.1, 0.15) is 11.2 Å². The third-order valence-electron chi connectivity index (χ3n) is 18.5. The van der Waals surface area contributed by atoms with E-state index in [1.165, 1.54) is 122 Å². The highest BCUT2D eigenvalue weighted by molar-refractivity contribution is 7.00. The topological polar surface area (TPSA) is 24.6 Å². The Morgan fingerprint density at radius 1 is 0.345 bits per heavy atom. The minimum absolute atomic E-state index is 0.0302. The Morgan fingerprint density at radius 3 is 1.62 bits per heavy atom. The molecular weight excluding hydrogens is 1020 g/mol. The van der Waals surface area contributed by atoms with Gasteiger partial charge in [-0.15, -0.1) is 0 Å². The number of benzene rings is 10. The van der Waals surface area contributed by atoms with Crippen LogP contribution in [0, 0.1) is 20.8 Å². The molecule has 416 valence electrons. The van der Waals surface area contributed by atoms with E-state index in [2.05, 4.69) is 306 Å². The first kappa shape index (κ1) is 53.5. The van der Waals surface area contributed by atoms with Crippen molar-refractivity contribution in [2.75, 3.05) is 9.80 Å². The second-order valence-electron chi connectivity index (χ2n) is 28.4. The summed E-state index contributed by atoms with van der Waals surface area (Å²) in [5.74, 6) is 0. The molecule has 0 N–H and O–H groups in total. The van der Waals surface area contributed by atoms with E-state index >= 15 is 0 Å². The minimum atomic E-state index is -0.196. The zero-order valence-corrected chi connectivity index (χ0v) is 51.7. The van der Waals surface area contributed by atoms with Crippen molar-refractivity contribution < 1.29 is 4.42 Å². The molecule has 84 heavy (non-hydrogen) atoms. The van der Waals surface area contributed by atoms with E-state index < -0.39 is 0 Å². The average Bonchev–Trinajstić information content (AvgIpc) is 1.24. The number of aryl methyl sites for hydroxylation is 3. The van der Waals surface area contributed by atoms with Crippen LogP contribution < -0.4 is 26.2 Å². The predicted octanol–water partition coefficient (Wildman–Crippen LogP) is 20.2. The van der Waals surface area contributed by atoms with Crippen molar-refractivity contribution in [3.63, 3.8) is 0 Å². The van der Waals surface area contributed by atoms with Crippen molar-refractivity contribution >= 4 is 101 Å². The first-order valence-corrected chi connectivity index (χ1v) is 30.3. The molecule has 0 atom stereocenters. The Balaban J connectivity index is 1.10. The Hall–Kier alpha value is -8.54. The van der Waals surface area contributed by atoms with Gasteiger partial charge in [-0.05, 0) is 170 Å². The minimum Gasteiger partial charge on any atom is -0.455 e. The zero-order chi connectivity index (χ0) is 58.7. The summed E-state index contributed by atoms with van der Waals surface area (Å²) in [5.41, 5.74) is 29.8. The van der Waals surface area contributed by atoms with E-state index in [0.717, 1.165) is 38.8 Å². The average molecular weight is 1090 g/mol. The number of rotatable bonds is 5. The molecule has 2 aromatic heterocycles. The molecule has 0 fully saturated rings. The Morgan fingerprint density at radius 2 is 0.917 bits per heavy atom. The molecule has 0 radical (unpaired) electrons. The van der Waals surface area contributed by atoms with Crippen LogP contribution in [-0.2, 0) is 21.7 Å². The number of hydrogen-bond donors (Lipinski definition) is 0. The van der Waals surface area contributed by atoms with Crippen LogP contribution in [0.3, 0.4) is 0 Å². The van der Waals surface area contributed by atoms with E-state index in [1.54, 1.807) is 0 Å². The Labute approximate surface area is 497 Å². The number of furan rings is 1. The predicted molar refractivity (Wildman–Crippen MR) is 362 cm³/mol. The number of fused-ring (bicyclic) bond motifs is 10. The summed E-state index contributed by atoms with van der Waals surface area (Å²) in [6.45, 7) is 35.1. The quantitative estimate of drug-likeness (QED) is 0.161. The highest BCUT2D eigenvalue weighted by atomic mass is 16.3. The van der Waals surface area contributed by atoms with Gasteiger partial charge in [0.25, 0.3) is 6.71 Å². The van der Waals surface area contributed by atoms with E-state index in [-0.39, 0.29) is 28.4 Å². The van der Waals surface area contributed by atoms with Crippen LogP contribution in [0.4, 0.5) is 34.1 Å². The van der Waals surface area contributed by atoms with Gasteiger partial charge in [0.2, 0.25) is 0 Å². The smallest absolute Gasteiger partial charge is 0.252 e. The van der Waals surface area contributed by atoms with Gasteiger partial charge in [0.05, 0.1) is 22.4 Å². The van der Waals surface area contributed by atoms with Gasteiger partial charge >= 0.3 is 0 Å². The van der Waals surface area contributed by atoms with Crippen LogP contribution in [0.1, 0.15) is 122 Å². The maximum Gasteiger partial charge on any atom is 0.252 e. The monoisotopic (exact) mass is 1090 g/mol. The van der Waals surface area contributed by atoms with Crippen molar-refractivity contribution in [2.24, 2.45) is 0 Å². The third kappa shape index (κ3) is 8.39. The lowest BCUT2D eigenvalue weighted by Crippen LogP contribution is -2.61. The number of para-hydroxylation sites is 3. The summed E-state index contributed by atoms with van der Waals surface area (Å²) in [6, 6.07) is 71.9. The summed E-state index contributed by atoms with van der Waals surface area (Å²) >= 11 is 0. The molecule has 0 unspecified atom stereocenters. The summed E-state index contributed by atoms with van der Waals surface area (Å²) in [5, 5.41) is 4.80. The van der Waals surface area contributed by atoms with Gasteiger partial charge in [-0.3, -0.25) is 0 Å². The molecule has 4 nitrogen and oxygen atoms in total. The zero-order valence-electron chi connectivity index (χ0n) is 51.7. The van der Waals surface area contributed by atoms with Crippen molar-refractivity contribution in [2.45, 2.75) is 126 Å². The fraction of sp³-hybridized carbons (Fsp3) is 0.241. The van der Waals surface area contributed by atoms with Gasteiger partial charge in [0, 0.05) is 61.1 Å². The molecule has 0 aliphatic carbocycles. The van der Waals surface area contributed by atoms with Gasteiger partial charge in [0.15, 0.2) is 0 Å². The third-order valence-corrected chi connectivity index (χ3v) is 18.5. The van der Waals surface area contributed by atoms with Crippen molar-refractivity contribution in [1.82, 2.24) is 4.57 Å². The van der Waals surface area contributed by atoms with Gasteiger partial charge < -0.3 is 18.8 Å². The normalized spacial score (nSPS) is 13.6. The molecule has 0 bridgehead atoms. The lowest BCUT2D eigenvalue weighted by Gasteiger charge is -2.46. The molecule has 0 saturated heterocycles. The summed E-state index contributed by atoms with van der Waals surface area (Å²) < 4.78 is 9.24. The van der Waals surface area contributed by atoms with Crippen LogP contribution >= 0.6 is 0 Å². The van der Waals surface area contributed by atoms with Gasteiger partial charge in [-0.2, -0.15) is 0 Å². The first-order chi connectivity index (χ1) is 39.9.